The van der Waals surface area contributed by atoms with E-state index >= 15 is 0 Å². The van der Waals surface area contributed by atoms with Crippen LogP contribution in [0, 0.1) is 0 Å². The number of rotatable bonds is 6. The molecule has 1 rings (SSSR count). The van der Waals surface area contributed by atoms with Crippen LogP contribution >= 0.6 is 0 Å². The van der Waals surface area contributed by atoms with Gasteiger partial charge in [0.1, 0.15) is 4.90 Å². The zero-order valence-electron chi connectivity index (χ0n) is 9.93. The Balaban J connectivity index is 2.71. The summed E-state index contributed by atoms with van der Waals surface area (Å²) in [6.45, 7) is 0.208. The Morgan fingerprint density at radius 3 is 2.56 bits per heavy atom. The summed E-state index contributed by atoms with van der Waals surface area (Å²) in [5.74, 6) is 0. The van der Waals surface area contributed by atoms with Crippen LogP contribution in [0.4, 0.5) is 10.5 Å². The molecule has 0 fully saturated rings. The standard InChI is InChI=1S/C10H16N4O3S/c1-12-8-4-2-3-5-9(8)18(16,17)14-7-6-13-10(11)15/h2-5,12,14H,6-7H2,1H3,(H3,11,13,15). The highest BCUT2D eigenvalue weighted by atomic mass is 32.2. The molecule has 0 aliphatic rings. The summed E-state index contributed by atoms with van der Waals surface area (Å²) < 4.78 is 26.3. The summed E-state index contributed by atoms with van der Waals surface area (Å²) >= 11 is 0. The van der Waals surface area contributed by atoms with Gasteiger partial charge in [0.05, 0.1) is 5.69 Å². The van der Waals surface area contributed by atoms with Crippen LogP contribution in [0.1, 0.15) is 0 Å². The number of urea groups is 1. The molecule has 18 heavy (non-hydrogen) atoms. The van der Waals surface area contributed by atoms with Gasteiger partial charge in [0.2, 0.25) is 10.0 Å². The van der Waals surface area contributed by atoms with Crippen molar-refractivity contribution in [2.24, 2.45) is 5.73 Å². The van der Waals surface area contributed by atoms with Crippen molar-refractivity contribution in [1.82, 2.24) is 10.0 Å². The largest absolute Gasteiger partial charge is 0.387 e. The number of hydrogen-bond donors (Lipinski definition) is 4. The lowest BCUT2D eigenvalue weighted by atomic mass is 10.3. The first-order valence-electron chi connectivity index (χ1n) is 5.27. The van der Waals surface area contributed by atoms with Gasteiger partial charge in [-0.3, -0.25) is 0 Å². The number of carbonyl (C=O) groups excluding carboxylic acids is 1. The summed E-state index contributed by atoms with van der Waals surface area (Å²) in [4.78, 5) is 10.6. The first-order valence-corrected chi connectivity index (χ1v) is 6.75. The molecule has 5 N–H and O–H groups in total. The fourth-order valence-corrected chi connectivity index (χ4v) is 2.60. The molecule has 0 atom stereocenters. The molecule has 0 spiro atoms. The summed E-state index contributed by atoms with van der Waals surface area (Å²) in [6.07, 6.45) is 0. The summed E-state index contributed by atoms with van der Waals surface area (Å²) in [5.41, 5.74) is 5.37. The van der Waals surface area contributed by atoms with Crippen molar-refractivity contribution in [1.29, 1.82) is 0 Å². The molecule has 0 radical (unpaired) electrons. The van der Waals surface area contributed by atoms with Crippen LogP contribution in [-0.4, -0.2) is 34.6 Å². The van der Waals surface area contributed by atoms with Crippen molar-refractivity contribution in [2.45, 2.75) is 4.90 Å². The number of hydrogen-bond acceptors (Lipinski definition) is 4. The number of benzene rings is 1. The van der Waals surface area contributed by atoms with Crippen molar-refractivity contribution >= 4 is 21.7 Å². The van der Waals surface area contributed by atoms with Crippen molar-refractivity contribution < 1.29 is 13.2 Å². The molecular formula is C10H16N4O3S. The molecule has 8 heteroatoms. The third kappa shape index (κ3) is 3.90. The van der Waals surface area contributed by atoms with E-state index in [9.17, 15) is 13.2 Å². The second kappa shape index (κ2) is 6.22. The second-order valence-electron chi connectivity index (χ2n) is 3.43. The summed E-state index contributed by atoms with van der Waals surface area (Å²) in [7, 11) is -1.96. The Morgan fingerprint density at radius 2 is 1.94 bits per heavy atom. The van der Waals surface area contributed by atoms with Crippen molar-refractivity contribution in [3.05, 3.63) is 24.3 Å². The Bertz CT molecular complexity index is 516. The smallest absolute Gasteiger partial charge is 0.312 e. The van der Waals surface area contributed by atoms with Crippen molar-refractivity contribution in [3.63, 3.8) is 0 Å². The normalized spacial score (nSPS) is 10.9. The lowest BCUT2D eigenvalue weighted by molar-refractivity contribution is 0.249. The number of anilines is 1. The molecular weight excluding hydrogens is 256 g/mol. The van der Waals surface area contributed by atoms with Gasteiger partial charge in [0, 0.05) is 20.1 Å². The molecule has 7 nitrogen and oxygen atoms in total. The van der Waals surface area contributed by atoms with Crippen LogP contribution in [0.3, 0.4) is 0 Å². The fourth-order valence-electron chi connectivity index (χ4n) is 1.36. The Hall–Kier alpha value is -1.80. The number of sulfonamides is 1. The highest BCUT2D eigenvalue weighted by molar-refractivity contribution is 7.89. The van der Waals surface area contributed by atoms with Crippen LogP contribution in [-0.2, 0) is 10.0 Å². The van der Waals surface area contributed by atoms with E-state index in [1.807, 2.05) is 0 Å². The van der Waals surface area contributed by atoms with Crippen LogP contribution in [0.15, 0.2) is 29.2 Å². The molecule has 1 aromatic carbocycles. The zero-order chi connectivity index (χ0) is 13.6. The van der Waals surface area contributed by atoms with Gasteiger partial charge >= 0.3 is 6.03 Å². The lowest BCUT2D eigenvalue weighted by Gasteiger charge is -2.10. The molecule has 0 saturated heterocycles. The quantitative estimate of drug-likeness (QED) is 0.531. The first-order chi connectivity index (χ1) is 8.47. The van der Waals surface area contributed by atoms with Crippen molar-refractivity contribution in [2.75, 3.05) is 25.5 Å². The van der Waals surface area contributed by atoms with Crippen molar-refractivity contribution in [3.8, 4) is 0 Å². The SMILES string of the molecule is CNc1ccccc1S(=O)(=O)NCCNC(N)=O. The minimum absolute atomic E-state index is 0.0727. The maximum Gasteiger partial charge on any atom is 0.312 e. The Kier molecular flexibility index (Phi) is 4.93. The highest BCUT2D eigenvalue weighted by Gasteiger charge is 2.16. The third-order valence-corrected chi connectivity index (χ3v) is 3.68. The van der Waals surface area contributed by atoms with Gasteiger partial charge in [-0.1, -0.05) is 12.1 Å². The number of carbonyl (C=O) groups is 1. The lowest BCUT2D eigenvalue weighted by Crippen LogP contribution is -2.37. The maximum absolute atomic E-state index is 12.0. The third-order valence-electron chi connectivity index (χ3n) is 2.16. The Labute approximate surface area is 106 Å². The number of para-hydroxylation sites is 1. The minimum atomic E-state index is -3.61. The van der Waals surface area contributed by atoms with Gasteiger partial charge in [-0.2, -0.15) is 0 Å². The van der Waals surface area contributed by atoms with E-state index in [0.717, 1.165) is 0 Å². The van der Waals surface area contributed by atoms with Crippen LogP contribution in [0.25, 0.3) is 0 Å². The number of amides is 2. The van der Waals surface area contributed by atoms with E-state index in [-0.39, 0.29) is 18.0 Å². The topological polar surface area (TPSA) is 113 Å². The van der Waals surface area contributed by atoms with E-state index in [1.165, 1.54) is 6.07 Å². The van der Waals surface area contributed by atoms with E-state index in [2.05, 4.69) is 15.4 Å². The molecule has 0 aromatic heterocycles. The minimum Gasteiger partial charge on any atom is -0.387 e. The molecule has 0 aliphatic heterocycles. The van der Waals surface area contributed by atoms with E-state index in [0.29, 0.717) is 5.69 Å². The maximum atomic E-state index is 12.0. The van der Waals surface area contributed by atoms with Crippen LogP contribution < -0.4 is 21.1 Å². The number of nitrogens with one attached hydrogen (secondary N) is 3. The van der Waals surface area contributed by atoms with E-state index in [4.69, 9.17) is 5.73 Å². The monoisotopic (exact) mass is 272 g/mol. The average molecular weight is 272 g/mol. The summed E-state index contributed by atoms with van der Waals surface area (Å²) in [6, 6.07) is 5.84. The molecule has 0 heterocycles. The van der Waals surface area contributed by atoms with E-state index in [1.54, 1.807) is 25.2 Å². The molecule has 0 saturated carbocycles. The van der Waals surface area contributed by atoms with E-state index < -0.39 is 16.1 Å². The molecule has 0 bridgehead atoms. The number of primary amides is 1. The number of nitrogens with two attached hydrogens (primary N) is 1. The molecule has 0 unspecified atom stereocenters. The second-order valence-corrected chi connectivity index (χ2v) is 5.17. The van der Waals surface area contributed by atoms with Gasteiger partial charge < -0.3 is 16.4 Å². The predicted octanol–water partition coefficient (Wildman–Crippen LogP) is -0.325. The van der Waals surface area contributed by atoms with Crippen LogP contribution in [0.5, 0.6) is 0 Å². The zero-order valence-corrected chi connectivity index (χ0v) is 10.8. The molecule has 1 aromatic rings. The van der Waals surface area contributed by atoms with Gasteiger partial charge in [0.15, 0.2) is 0 Å². The first kappa shape index (κ1) is 14.3. The van der Waals surface area contributed by atoms with Gasteiger partial charge in [-0.15, -0.1) is 0 Å². The predicted molar refractivity (Wildman–Crippen MR) is 68.8 cm³/mol. The fraction of sp³-hybridized carbons (Fsp3) is 0.300. The van der Waals surface area contributed by atoms with Gasteiger partial charge in [0.25, 0.3) is 0 Å². The van der Waals surface area contributed by atoms with Gasteiger partial charge in [-0.05, 0) is 12.1 Å². The molecule has 2 amide bonds. The van der Waals surface area contributed by atoms with Crippen LogP contribution in [0.2, 0.25) is 0 Å². The Morgan fingerprint density at radius 1 is 1.28 bits per heavy atom. The molecule has 100 valence electrons. The van der Waals surface area contributed by atoms with Gasteiger partial charge in [-0.25, -0.2) is 17.9 Å². The molecule has 0 aliphatic carbocycles. The average Bonchev–Trinajstić information content (AvgIpc) is 2.34. The highest BCUT2D eigenvalue weighted by Crippen LogP contribution is 2.19. The summed E-state index contributed by atoms with van der Waals surface area (Å²) in [5, 5.41) is 5.10.